The summed E-state index contributed by atoms with van der Waals surface area (Å²) in [5.41, 5.74) is 0. The molecule has 0 saturated carbocycles. The molecule has 0 aliphatic rings. The summed E-state index contributed by atoms with van der Waals surface area (Å²) >= 11 is 1.63. The van der Waals surface area contributed by atoms with Crippen LogP contribution in [0.5, 0.6) is 0 Å². The van der Waals surface area contributed by atoms with E-state index in [4.69, 9.17) is 5.11 Å². The van der Waals surface area contributed by atoms with E-state index < -0.39 is 18.1 Å². The summed E-state index contributed by atoms with van der Waals surface area (Å²) in [5.74, 6) is 0.606. The smallest absolute Gasteiger partial charge is 0.407 e. The number of aliphatic carboxylic acids is 1. The number of hydrogen-bond donors (Lipinski definition) is 2. The minimum atomic E-state index is -1.04. The molecule has 1 atom stereocenters. The average molecular weight is 221 g/mol. The van der Waals surface area contributed by atoms with Crippen molar-refractivity contribution in [2.24, 2.45) is 0 Å². The topological polar surface area (TPSA) is 75.6 Å². The monoisotopic (exact) mass is 221 g/mol. The van der Waals surface area contributed by atoms with Crippen LogP contribution in [-0.4, -0.2) is 41.8 Å². The number of methoxy groups -OCH3 is 1. The van der Waals surface area contributed by atoms with E-state index in [0.29, 0.717) is 12.2 Å². The summed E-state index contributed by atoms with van der Waals surface area (Å²) in [6.45, 7) is 1.99. The van der Waals surface area contributed by atoms with Gasteiger partial charge in [0.1, 0.15) is 6.04 Å². The number of hydrogen-bond acceptors (Lipinski definition) is 4. The number of alkyl carbamates (subject to hydrolysis) is 1. The molecule has 14 heavy (non-hydrogen) atoms. The van der Waals surface area contributed by atoms with Crippen LogP contribution in [0.25, 0.3) is 0 Å². The van der Waals surface area contributed by atoms with Crippen LogP contribution >= 0.6 is 11.8 Å². The second kappa shape index (κ2) is 7.49. The minimum absolute atomic E-state index is 0.406. The van der Waals surface area contributed by atoms with Gasteiger partial charge in [0.05, 0.1) is 7.11 Å². The second-order valence-corrected chi connectivity index (χ2v) is 3.91. The first kappa shape index (κ1) is 13.1. The molecule has 0 aromatic rings. The number of carbonyl (C=O) groups is 2. The molecule has 0 aromatic heterocycles. The van der Waals surface area contributed by atoms with Gasteiger partial charge in [-0.2, -0.15) is 11.8 Å². The molecule has 0 aliphatic carbocycles. The van der Waals surface area contributed by atoms with Gasteiger partial charge in [-0.3, -0.25) is 0 Å². The molecule has 1 unspecified atom stereocenters. The first-order valence-electron chi connectivity index (χ1n) is 4.26. The molecule has 0 rings (SSSR count). The SMILES string of the molecule is CCSCCC(NC(=O)OC)C(=O)O. The van der Waals surface area contributed by atoms with Crippen molar-refractivity contribution in [2.45, 2.75) is 19.4 Å². The van der Waals surface area contributed by atoms with Crippen LogP contribution < -0.4 is 5.32 Å². The molecule has 5 nitrogen and oxygen atoms in total. The Hall–Kier alpha value is -0.910. The molecular weight excluding hydrogens is 206 g/mol. The van der Waals surface area contributed by atoms with E-state index in [2.05, 4.69) is 10.1 Å². The van der Waals surface area contributed by atoms with Gasteiger partial charge in [-0.15, -0.1) is 0 Å². The van der Waals surface area contributed by atoms with Gasteiger partial charge in [0.25, 0.3) is 0 Å². The molecular formula is C8H15NO4S. The van der Waals surface area contributed by atoms with Gasteiger partial charge in [0.2, 0.25) is 0 Å². The minimum Gasteiger partial charge on any atom is -0.480 e. The molecule has 0 fully saturated rings. The van der Waals surface area contributed by atoms with Crippen LogP contribution in [0.15, 0.2) is 0 Å². The fourth-order valence-electron chi connectivity index (χ4n) is 0.804. The lowest BCUT2D eigenvalue weighted by molar-refractivity contribution is -0.139. The highest BCUT2D eigenvalue weighted by Crippen LogP contribution is 2.04. The van der Waals surface area contributed by atoms with E-state index in [1.54, 1.807) is 11.8 Å². The van der Waals surface area contributed by atoms with Gasteiger partial charge >= 0.3 is 12.1 Å². The Bertz CT molecular complexity index is 198. The van der Waals surface area contributed by atoms with Crippen molar-refractivity contribution in [2.75, 3.05) is 18.6 Å². The van der Waals surface area contributed by atoms with Crippen LogP contribution in [0.3, 0.4) is 0 Å². The van der Waals surface area contributed by atoms with Crippen molar-refractivity contribution in [1.29, 1.82) is 0 Å². The van der Waals surface area contributed by atoms with E-state index in [1.165, 1.54) is 7.11 Å². The van der Waals surface area contributed by atoms with Crippen LogP contribution in [0, 0.1) is 0 Å². The third kappa shape index (κ3) is 5.69. The third-order valence-electron chi connectivity index (χ3n) is 1.53. The molecule has 0 aromatic carbocycles. The number of carbonyl (C=O) groups excluding carboxylic acids is 1. The molecule has 0 radical (unpaired) electrons. The lowest BCUT2D eigenvalue weighted by atomic mass is 10.2. The number of amides is 1. The van der Waals surface area contributed by atoms with Crippen molar-refractivity contribution in [1.82, 2.24) is 5.32 Å². The third-order valence-corrected chi connectivity index (χ3v) is 2.46. The van der Waals surface area contributed by atoms with E-state index in [9.17, 15) is 9.59 Å². The maximum atomic E-state index is 10.8. The zero-order valence-corrected chi connectivity index (χ0v) is 9.10. The Balaban J connectivity index is 3.90. The number of nitrogens with one attached hydrogen (secondary N) is 1. The van der Waals surface area contributed by atoms with E-state index in [0.717, 1.165) is 5.75 Å². The van der Waals surface area contributed by atoms with Gasteiger partial charge in [-0.1, -0.05) is 6.92 Å². The van der Waals surface area contributed by atoms with Gasteiger partial charge < -0.3 is 15.2 Å². The zero-order valence-electron chi connectivity index (χ0n) is 8.28. The molecule has 2 N–H and O–H groups in total. The molecule has 6 heteroatoms. The zero-order chi connectivity index (χ0) is 11.0. The Labute approximate surface area is 87.2 Å². The number of thioether (sulfide) groups is 1. The average Bonchev–Trinajstić information content (AvgIpc) is 2.16. The quantitative estimate of drug-likeness (QED) is 0.653. The van der Waals surface area contributed by atoms with Crippen LogP contribution in [0.4, 0.5) is 4.79 Å². The summed E-state index contributed by atoms with van der Waals surface area (Å²) in [7, 11) is 1.20. The van der Waals surface area contributed by atoms with Crippen molar-refractivity contribution < 1.29 is 19.4 Å². The molecule has 0 bridgehead atoms. The highest BCUT2D eigenvalue weighted by Gasteiger charge is 2.19. The van der Waals surface area contributed by atoms with Crippen molar-refractivity contribution in [3.8, 4) is 0 Å². The first-order chi connectivity index (χ1) is 6.61. The Kier molecular flexibility index (Phi) is 7.00. The Morgan fingerprint density at radius 1 is 1.57 bits per heavy atom. The van der Waals surface area contributed by atoms with E-state index in [-0.39, 0.29) is 0 Å². The highest BCUT2D eigenvalue weighted by molar-refractivity contribution is 7.99. The van der Waals surface area contributed by atoms with Crippen molar-refractivity contribution >= 4 is 23.8 Å². The molecule has 0 saturated heterocycles. The van der Waals surface area contributed by atoms with Crippen molar-refractivity contribution in [3.63, 3.8) is 0 Å². The standard InChI is InChI=1S/C8H15NO4S/c1-3-14-5-4-6(7(10)11)9-8(12)13-2/h6H,3-5H2,1-2H3,(H,9,12)(H,10,11). The molecule has 0 heterocycles. The summed E-state index contributed by atoms with van der Waals surface area (Å²) in [6.07, 6.45) is -0.304. The maximum Gasteiger partial charge on any atom is 0.407 e. The van der Waals surface area contributed by atoms with Crippen LogP contribution in [-0.2, 0) is 9.53 Å². The van der Waals surface area contributed by atoms with E-state index in [1.807, 2.05) is 6.92 Å². The second-order valence-electron chi connectivity index (χ2n) is 2.51. The Morgan fingerprint density at radius 3 is 2.64 bits per heavy atom. The van der Waals surface area contributed by atoms with Gasteiger partial charge in [-0.25, -0.2) is 9.59 Å². The lowest BCUT2D eigenvalue weighted by Crippen LogP contribution is -2.41. The highest BCUT2D eigenvalue weighted by atomic mass is 32.2. The summed E-state index contributed by atoms with van der Waals surface area (Å²) in [6, 6.07) is -0.860. The summed E-state index contributed by atoms with van der Waals surface area (Å²) in [5, 5.41) is 11.0. The fourth-order valence-corrected chi connectivity index (χ4v) is 1.50. The molecule has 82 valence electrons. The predicted molar refractivity (Wildman–Crippen MR) is 54.6 cm³/mol. The largest absolute Gasteiger partial charge is 0.480 e. The predicted octanol–water partition coefficient (Wildman–Crippen LogP) is 0.939. The Morgan fingerprint density at radius 2 is 2.21 bits per heavy atom. The molecule has 1 amide bonds. The summed E-state index contributed by atoms with van der Waals surface area (Å²) < 4.78 is 4.32. The van der Waals surface area contributed by atoms with Crippen molar-refractivity contribution in [3.05, 3.63) is 0 Å². The number of ether oxygens (including phenoxy) is 1. The normalized spacial score (nSPS) is 11.9. The fraction of sp³-hybridized carbons (Fsp3) is 0.750. The van der Waals surface area contributed by atoms with E-state index >= 15 is 0 Å². The molecule has 0 aliphatic heterocycles. The first-order valence-corrected chi connectivity index (χ1v) is 5.42. The van der Waals surface area contributed by atoms with Gasteiger partial charge in [0.15, 0.2) is 0 Å². The van der Waals surface area contributed by atoms with Gasteiger partial charge in [-0.05, 0) is 17.9 Å². The number of carboxylic acid groups (broad SMARTS) is 1. The number of carboxylic acids is 1. The van der Waals surface area contributed by atoms with Crippen LogP contribution in [0.2, 0.25) is 0 Å². The summed E-state index contributed by atoms with van der Waals surface area (Å²) in [4.78, 5) is 21.4. The van der Waals surface area contributed by atoms with Crippen LogP contribution in [0.1, 0.15) is 13.3 Å². The lowest BCUT2D eigenvalue weighted by Gasteiger charge is -2.12. The molecule has 0 spiro atoms. The maximum absolute atomic E-state index is 10.8. The van der Waals surface area contributed by atoms with Gasteiger partial charge in [0, 0.05) is 0 Å². The number of rotatable bonds is 6.